The van der Waals surface area contributed by atoms with Gasteiger partial charge in [-0.1, -0.05) is 128 Å². The third-order valence-corrected chi connectivity index (χ3v) is 18.3. The van der Waals surface area contributed by atoms with Crippen LogP contribution in [-0.4, -0.2) is 8.07 Å². The van der Waals surface area contributed by atoms with Gasteiger partial charge in [-0.05, 0) is 106 Å². The number of hydrogen-bond donors (Lipinski definition) is 0. The Balaban J connectivity index is 0.00000102. The van der Waals surface area contributed by atoms with Crippen molar-refractivity contribution in [2.45, 2.75) is 127 Å². The van der Waals surface area contributed by atoms with Crippen LogP contribution >= 0.6 is 17.0 Å². The molecule has 4 saturated carbocycles. The Kier molecular flexibility index (Phi) is 14.0. The molecule has 0 amide bonds. The monoisotopic (exact) mass is 730 g/mol. The van der Waals surface area contributed by atoms with Gasteiger partial charge in [-0.15, -0.1) is 0 Å². The number of hydrogen-bond acceptors (Lipinski definition) is 0. The van der Waals surface area contributed by atoms with Crippen LogP contribution in [-0.2, 0) is 26.3 Å². The summed E-state index contributed by atoms with van der Waals surface area (Å²) >= 11 is -0.826. The predicted molar refractivity (Wildman–Crippen MR) is 196 cm³/mol. The summed E-state index contributed by atoms with van der Waals surface area (Å²) < 4.78 is 0. The van der Waals surface area contributed by atoms with Crippen molar-refractivity contribution in [3.8, 4) is 0 Å². The second kappa shape index (κ2) is 16.0. The molecule has 4 fully saturated rings. The Morgan fingerprint density at radius 1 is 0.636 bits per heavy atom. The summed E-state index contributed by atoms with van der Waals surface area (Å²) in [4.78, 5) is 0. The molecule has 44 heavy (non-hydrogen) atoms. The molecule has 0 nitrogen and oxygen atoms in total. The molecule has 2 aromatic carbocycles. The summed E-state index contributed by atoms with van der Waals surface area (Å²) in [5, 5.41) is 0. The Morgan fingerprint density at radius 3 is 1.45 bits per heavy atom. The van der Waals surface area contributed by atoms with Crippen LogP contribution in [0.1, 0.15) is 115 Å². The minimum absolute atomic E-state index is 0. The zero-order valence-corrected chi connectivity index (χ0v) is 34.4. The van der Waals surface area contributed by atoms with E-state index in [0.717, 1.165) is 58.4 Å². The second-order valence-corrected chi connectivity index (χ2v) is 25.1. The summed E-state index contributed by atoms with van der Waals surface area (Å²) in [6.45, 7) is 18.2. The van der Waals surface area contributed by atoms with Gasteiger partial charge in [-0.25, -0.2) is 0 Å². The number of benzene rings is 2. The van der Waals surface area contributed by atoms with Crippen LogP contribution in [0.2, 0.25) is 24.2 Å². The Labute approximate surface area is 292 Å². The molecule has 0 N–H and O–H groups in total. The molecule has 4 aliphatic rings. The standard InChI is InChI=1S/C38H56Si.2CH3.2ClH.Zr/c1-25-23-34-30(27-13-9-8-10-14-27)15-11-17-32(34)36(25)39(6,7)37-26(2)24-35-31(16-12-18-33(35)37)28-19-21-29(22-20-28)38(3,4)5;;;;;/h8-10,13-14,19-22,25-26,30-37H,11-12,15-18,23-24H2,1-7H3;2*1H3;2*1H;/q;2*-1;;;+4/p-2. The van der Waals surface area contributed by atoms with Crippen LogP contribution in [0.15, 0.2) is 54.6 Å². The van der Waals surface area contributed by atoms with Gasteiger partial charge in [0.2, 0.25) is 0 Å². The fraction of sp³-hybridized carbons (Fsp3) is 0.650. The van der Waals surface area contributed by atoms with E-state index in [1.54, 1.807) is 11.1 Å². The molecule has 0 radical (unpaired) electrons. The predicted octanol–water partition coefficient (Wildman–Crippen LogP) is 13.5. The Bertz CT molecular complexity index is 1140. The van der Waals surface area contributed by atoms with E-state index in [-0.39, 0.29) is 20.3 Å². The fourth-order valence-corrected chi connectivity index (χ4v) is 18.4. The molecule has 0 saturated heterocycles. The van der Waals surface area contributed by atoms with E-state index in [2.05, 4.69) is 102 Å². The van der Waals surface area contributed by atoms with Crippen molar-refractivity contribution in [1.29, 1.82) is 0 Å². The Morgan fingerprint density at radius 2 is 1.05 bits per heavy atom. The molecule has 10 atom stereocenters. The summed E-state index contributed by atoms with van der Waals surface area (Å²) in [5.74, 6) is 7.24. The van der Waals surface area contributed by atoms with Gasteiger partial charge in [0, 0.05) is 0 Å². The Hall–Kier alpha value is 0.120. The summed E-state index contributed by atoms with van der Waals surface area (Å²) in [5.41, 5.74) is 7.05. The van der Waals surface area contributed by atoms with Gasteiger partial charge >= 0.3 is 37.9 Å². The molecule has 244 valence electrons. The quantitative estimate of drug-likeness (QED) is 0.217. The molecule has 4 aliphatic carbocycles. The molecule has 6 rings (SSSR count). The molecular formula is C40H62Cl2SiZr. The first-order valence-corrected chi connectivity index (χ1v) is 26.6. The molecule has 4 heteroatoms. The maximum absolute atomic E-state index is 4.93. The average Bonchev–Trinajstić information content (AvgIpc) is 3.49. The van der Waals surface area contributed by atoms with Gasteiger partial charge in [-0.3, -0.25) is 0 Å². The number of rotatable bonds is 4. The molecule has 0 aliphatic heterocycles. The number of halogens is 2. The van der Waals surface area contributed by atoms with Crippen molar-refractivity contribution >= 4 is 25.1 Å². The van der Waals surface area contributed by atoms with Crippen LogP contribution in [0.4, 0.5) is 0 Å². The van der Waals surface area contributed by atoms with E-state index >= 15 is 0 Å². The molecule has 0 spiro atoms. The van der Waals surface area contributed by atoms with E-state index in [9.17, 15) is 0 Å². The van der Waals surface area contributed by atoms with Gasteiger partial charge < -0.3 is 14.9 Å². The topological polar surface area (TPSA) is 0 Å². The first-order valence-electron chi connectivity index (χ1n) is 17.1. The second-order valence-electron chi connectivity index (χ2n) is 16.4. The molecule has 0 heterocycles. The molecular weight excluding hydrogens is 671 g/mol. The molecule has 0 bridgehead atoms. The van der Waals surface area contributed by atoms with Gasteiger partial charge in [0.05, 0.1) is 8.07 Å². The van der Waals surface area contributed by atoms with Crippen molar-refractivity contribution in [3.05, 3.63) is 86.1 Å². The van der Waals surface area contributed by atoms with Crippen molar-refractivity contribution in [2.75, 3.05) is 0 Å². The third kappa shape index (κ3) is 7.71. The first-order chi connectivity index (χ1) is 20.0. The first kappa shape index (κ1) is 38.6. The van der Waals surface area contributed by atoms with Gasteiger partial charge in [-0.2, -0.15) is 0 Å². The van der Waals surface area contributed by atoms with Crippen molar-refractivity contribution in [3.63, 3.8) is 0 Å². The maximum atomic E-state index is 4.93. The zero-order chi connectivity index (χ0) is 30.2. The SMILES string of the molecule is CC1CC2C(c3ccccc3)CCCC2C1[Si](C)(C)C1C(C)CC2C(c3ccc(C(C)(C)C)cc3)CCCC21.[CH3-].[CH3-].[Cl][Zr+2][Cl]. The molecule has 10 unspecified atom stereocenters. The van der Waals surface area contributed by atoms with Crippen LogP contribution in [0, 0.1) is 50.4 Å². The van der Waals surface area contributed by atoms with Crippen LogP contribution in [0.25, 0.3) is 0 Å². The van der Waals surface area contributed by atoms with E-state index in [1.807, 2.05) is 0 Å². The summed E-state index contributed by atoms with van der Waals surface area (Å²) in [6.07, 6.45) is 11.7. The van der Waals surface area contributed by atoms with Crippen LogP contribution in [0.3, 0.4) is 0 Å². The van der Waals surface area contributed by atoms with Gasteiger partial charge in [0.15, 0.2) is 0 Å². The van der Waals surface area contributed by atoms with E-state index in [0.29, 0.717) is 0 Å². The van der Waals surface area contributed by atoms with Gasteiger partial charge in [0.25, 0.3) is 0 Å². The molecule has 0 aromatic heterocycles. The average molecular weight is 733 g/mol. The van der Waals surface area contributed by atoms with Crippen LogP contribution < -0.4 is 0 Å². The molecule has 2 aromatic rings. The van der Waals surface area contributed by atoms with E-state index < -0.39 is 28.9 Å². The van der Waals surface area contributed by atoms with E-state index in [1.165, 1.54) is 56.9 Å². The summed E-state index contributed by atoms with van der Waals surface area (Å²) in [6, 6.07) is 21.6. The third-order valence-electron chi connectivity index (χ3n) is 12.8. The van der Waals surface area contributed by atoms with Gasteiger partial charge in [0.1, 0.15) is 0 Å². The minimum atomic E-state index is -1.47. The zero-order valence-electron chi connectivity index (χ0n) is 29.4. The van der Waals surface area contributed by atoms with Crippen molar-refractivity contribution < 1.29 is 20.8 Å². The van der Waals surface area contributed by atoms with Crippen LogP contribution in [0.5, 0.6) is 0 Å². The number of fused-ring (bicyclic) bond motifs is 2. The van der Waals surface area contributed by atoms with Crippen molar-refractivity contribution in [2.24, 2.45) is 35.5 Å². The van der Waals surface area contributed by atoms with Crippen molar-refractivity contribution in [1.82, 2.24) is 0 Å². The fourth-order valence-electron chi connectivity index (χ4n) is 11.7. The van der Waals surface area contributed by atoms with E-state index in [4.69, 9.17) is 17.0 Å². The normalized spacial score (nSPS) is 34.7. The summed E-state index contributed by atoms with van der Waals surface area (Å²) in [7, 11) is 8.39.